The van der Waals surface area contributed by atoms with Crippen LogP contribution in [-0.2, 0) is 13.0 Å². The van der Waals surface area contributed by atoms with E-state index in [1.165, 1.54) is 21.6 Å². The molecule has 24 heavy (non-hydrogen) atoms. The second-order valence-corrected chi connectivity index (χ2v) is 6.27. The van der Waals surface area contributed by atoms with E-state index < -0.39 is 0 Å². The third-order valence-corrected chi connectivity index (χ3v) is 4.93. The van der Waals surface area contributed by atoms with Crippen LogP contribution in [0.5, 0.6) is 11.5 Å². The molecule has 3 rings (SSSR count). The van der Waals surface area contributed by atoms with Gasteiger partial charge in [0.1, 0.15) is 12.6 Å². The molecule has 0 bridgehead atoms. The fourth-order valence-corrected chi connectivity index (χ4v) is 3.54. The van der Waals surface area contributed by atoms with Crippen molar-refractivity contribution < 1.29 is 14.4 Å². The molecule has 2 aromatic carbocycles. The highest BCUT2D eigenvalue weighted by atomic mass is 16.5. The van der Waals surface area contributed by atoms with Gasteiger partial charge >= 0.3 is 0 Å². The Hall–Kier alpha value is -2.51. The summed E-state index contributed by atoms with van der Waals surface area (Å²) >= 11 is 0. The Kier molecular flexibility index (Phi) is 4.73. The first kappa shape index (κ1) is 16.4. The highest BCUT2D eigenvalue weighted by molar-refractivity contribution is 5.48. The van der Waals surface area contributed by atoms with Crippen LogP contribution in [0.1, 0.15) is 35.2 Å². The normalized spacial score (nSPS) is 19.2. The van der Waals surface area contributed by atoms with Gasteiger partial charge in [0.15, 0.2) is 11.5 Å². The Balaban J connectivity index is 1.86. The number of benzene rings is 2. The highest BCUT2D eigenvalue weighted by Gasteiger charge is 2.29. The van der Waals surface area contributed by atoms with E-state index in [0.717, 1.165) is 36.6 Å². The van der Waals surface area contributed by atoms with Gasteiger partial charge in [0, 0.05) is 17.5 Å². The maximum absolute atomic E-state index is 9.07. The van der Waals surface area contributed by atoms with Crippen LogP contribution in [0.15, 0.2) is 36.4 Å². The number of hydrogen-bond donors (Lipinski definition) is 1. The Bertz CT molecular complexity index is 780. The fourth-order valence-electron chi connectivity index (χ4n) is 3.54. The van der Waals surface area contributed by atoms with Gasteiger partial charge in [-0.05, 0) is 36.8 Å². The molecule has 0 spiro atoms. The van der Waals surface area contributed by atoms with Crippen molar-refractivity contribution in [1.29, 1.82) is 5.26 Å². The zero-order chi connectivity index (χ0) is 17.1. The Morgan fingerprint density at radius 3 is 2.62 bits per heavy atom. The number of quaternary nitrogens is 1. The molecule has 1 unspecified atom stereocenters. The molecule has 124 valence electrons. The van der Waals surface area contributed by atoms with Crippen LogP contribution < -0.4 is 14.4 Å². The van der Waals surface area contributed by atoms with Gasteiger partial charge < -0.3 is 14.4 Å². The number of ether oxygens (including phenoxy) is 2. The summed E-state index contributed by atoms with van der Waals surface area (Å²) < 4.78 is 10.9. The highest BCUT2D eigenvalue weighted by Crippen LogP contribution is 2.33. The molecule has 0 aliphatic carbocycles. The van der Waals surface area contributed by atoms with Gasteiger partial charge in [-0.3, -0.25) is 0 Å². The molecule has 0 fully saturated rings. The van der Waals surface area contributed by atoms with E-state index in [1.54, 1.807) is 14.2 Å². The molecule has 4 nitrogen and oxygen atoms in total. The van der Waals surface area contributed by atoms with Crippen LogP contribution in [0.2, 0.25) is 0 Å². The lowest BCUT2D eigenvalue weighted by atomic mass is 9.92. The molecule has 0 saturated carbocycles. The Morgan fingerprint density at radius 1 is 1.17 bits per heavy atom. The van der Waals surface area contributed by atoms with Crippen LogP contribution in [0.3, 0.4) is 0 Å². The first-order valence-electron chi connectivity index (χ1n) is 8.24. The zero-order valence-corrected chi connectivity index (χ0v) is 14.4. The zero-order valence-electron chi connectivity index (χ0n) is 14.4. The number of rotatable bonds is 4. The molecule has 1 aliphatic heterocycles. The lowest BCUT2D eigenvalue weighted by Gasteiger charge is -2.33. The lowest BCUT2D eigenvalue weighted by molar-refractivity contribution is -0.945. The van der Waals surface area contributed by atoms with Crippen molar-refractivity contribution in [1.82, 2.24) is 0 Å². The summed E-state index contributed by atoms with van der Waals surface area (Å²) in [5.74, 6) is 1.59. The number of nitrogens with one attached hydrogen (secondary N) is 1. The molecule has 1 heterocycles. The van der Waals surface area contributed by atoms with Crippen LogP contribution in [0.25, 0.3) is 0 Å². The second kappa shape index (κ2) is 6.94. The minimum absolute atomic E-state index is 0.374. The molecule has 0 aromatic heterocycles. The van der Waals surface area contributed by atoms with E-state index in [9.17, 15) is 0 Å². The molecule has 0 saturated heterocycles. The summed E-state index contributed by atoms with van der Waals surface area (Å²) in [7, 11) is 3.35. The van der Waals surface area contributed by atoms with E-state index in [0.29, 0.717) is 6.04 Å². The van der Waals surface area contributed by atoms with Gasteiger partial charge in [0.2, 0.25) is 0 Å². The second-order valence-electron chi connectivity index (χ2n) is 6.27. The maximum Gasteiger partial charge on any atom is 0.161 e. The topological polar surface area (TPSA) is 46.7 Å². The maximum atomic E-state index is 9.07. The van der Waals surface area contributed by atoms with E-state index >= 15 is 0 Å². The largest absolute Gasteiger partial charge is 0.493 e. The number of nitrogens with zero attached hydrogens (tertiary/aromatic N) is 1. The molecule has 2 atom stereocenters. The van der Waals surface area contributed by atoms with E-state index in [1.807, 2.05) is 18.2 Å². The molecule has 0 radical (unpaired) electrons. The van der Waals surface area contributed by atoms with Crippen LogP contribution in [-0.4, -0.2) is 20.8 Å². The summed E-state index contributed by atoms with van der Waals surface area (Å²) in [4.78, 5) is 1.50. The molecule has 1 N–H and O–H groups in total. The van der Waals surface area contributed by atoms with Crippen molar-refractivity contribution in [2.24, 2.45) is 0 Å². The first-order valence-corrected chi connectivity index (χ1v) is 8.24. The summed E-state index contributed by atoms with van der Waals surface area (Å²) in [5, 5.41) is 9.07. The van der Waals surface area contributed by atoms with Gasteiger partial charge in [0.25, 0.3) is 0 Å². The van der Waals surface area contributed by atoms with Gasteiger partial charge in [-0.1, -0.05) is 12.1 Å². The van der Waals surface area contributed by atoms with E-state index in [4.69, 9.17) is 14.7 Å². The lowest BCUT2D eigenvalue weighted by Crippen LogP contribution is -3.11. The minimum Gasteiger partial charge on any atom is -0.493 e. The van der Waals surface area contributed by atoms with Crippen LogP contribution >= 0.6 is 0 Å². The molecular formula is C20H23N2O2+. The van der Waals surface area contributed by atoms with Gasteiger partial charge in [-0.25, -0.2) is 0 Å². The van der Waals surface area contributed by atoms with E-state index in [-0.39, 0.29) is 0 Å². The molecule has 4 heteroatoms. The number of nitriles is 1. The first-order chi connectivity index (χ1) is 11.7. The average molecular weight is 323 g/mol. The predicted molar refractivity (Wildman–Crippen MR) is 92.4 cm³/mol. The predicted octanol–water partition coefficient (Wildman–Crippen LogP) is 2.28. The monoisotopic (exact) mass is 323 g/mol. The third-order valence-electron chi connectivity index (χ3n) is 4.93. The summed E-state index contributed by atoms with van der Waals surface area (Å²) in [6.45, 7) is 4.25. The quantitative estimate of drug-likeness (QED) is 0.939. The molecule has 0 amide bonds. The number of methoxy groups -OCH3 is 2. The van der Waals surface area contributed by atoms with Crippen LogP contribution in [0.4, 0.5) is 0 Å². The Labute approximate surface area is 143 Å². The van der Waals surface area contributed by atoms with Gasteiger partial charge in [-0.2, -0.15) is 5.26 Å². The van der Waals surface area contributed by atoms with Crippen molar-refractivity contribution >= 4 is 0 Å². The van der Waals surface area contributed by atoms with Gasteiger partial charge in [-0.15, -0.1) is 0 Å². The molecule has 1 aliphatic rings. The van der Waals surface area contributed by atoms with Crippen LogP contribution in [0, 0.1) is 11.3 Å². The third kappa shape index (κ3) is 3.08. The standard InChI is InChI=1S/C20H22N2O2/c1-14-18-11-20(24-3)19(23-2)10-17(18)7-8-22(14)13-16-6-4-5-15(9-16)12-21/h4-6,9-11,14H,7-8,13H2,1-3H3/p+1/t14-/m1/s1. The summed E-state index contributed by atoms with van der Waals surface area (Å²) in [6, 6.07) is 14.7. The van der Waals surface area contributed by atoms with Crippen molar-refractivity contribution in [3.05, 3.63) is 58.7 Å². The van der Waals surface area contributed by atoms with Crippen molar-refractivity contribution in [3.8, 4) is 17.6 Å². The molecular weight excluding hydrogens is 300 g/mol. The smallest absolute Gasteiger partial charge is 0.161 e. The number of hydrogen-bond acceptors (Lipinski definition) is 3. The summed E-state index contributed by atoms with van der Waals surface area (Å²) in [6.07, 6.45) is 1.02. The van der Waals surface area contributed by atoms with E-state index in [2.05, 4.69) is 31.2 Å². The average Bonchev–Trinajstić information content (AvgIpc) is 2.63. The van der Waals surface area contributed by atoms with Gasteiger partial charge in [0.05, 0.1) is 32.4 Å². The van der Waals surface area contributed by atoms with Crippen molar-refractivity contribution in [2.75, 3.05) is 20.8 Å². The Morgan fingerprint density at radius 2 is 1.92 bits per heavy atom. The summed E-state index contributed by atoms with van der Waals surface area (Å²) in [5.41, 5.74) is 4.60. The number of fused-ring (bicyclic) bond motifs is 1. The van der Waals surface area contributed by atoms with Crippen molar-refractivity contribution in [3.63, 3.8) is 0 Å². The molecule has 2 aromatic rings. The minimum atomic E-state index is 0.374. The van der Waals surface area contributed by atoms with Crippen molar-refractivity contribution in [2.45, 2.75) is 25.9 Å². The SMILES string of the molecule is COc1cc2c(cc1OC)[C@@H](C)[NH+](Cc1cccc(C#N)c1)CC2. The fraction of sp³-hybridized carbons (Fsp3) is 0.350.